The molecular formula is C14H14N2O2. The molecule has 0 aliphatic carbocycles. The largest absolute Gasteiger partial charge is 0.332 e. The van der Waals surface area contributed by atoms with Gasteiger partial charge in [-0.2, -0.15) is 0 Å². The van der Waals surface area contributed by atoms with Crippen LogP contribution in [0.5, 0.6) is 0 Å². The lowest BCUT2D eigenvalue weighted by Gasteiger charge is -2.34. The zero-order valence-corrected chi connectivity index (χ0v) is 10.2. The molecule has 0 spiro atoms. The van der Waals surface area contributed by atoms with Crippen molar-refractivity contribution in [3.05, 3.63) is 29.8 Å². The van der Waals surface area contributed by atoms with Gasteiger partial charge in [0.15, 0.2) is 0 Å². The molecule has 0 unspecified atom stereocenters. The number of benzene rings is 1. The first-order valence-corrected chi connectivity index (χ1v) is 5.75. The minimum atomic E-state index is -0.0980. The minimum Gasteiger partial charge on any atom is -0.332 e. The lowest BCUT2D eigenvalue weighted by Crippen LogP contribution is -2.52. The van der Waals surface area contributed by atoms with Gasteiger partial charge < -0.3 is 9.80 Å². The van der Waals surface area contributed by atoms with Crippen LogP contribution in [-0.2, 0) is 9.59 Å². The fraction of sp³-hybridized carbons (Fsp3) is 0.286. The fourth-order valence-electron chi connectivity index (χ4n) is 2.03. The van der Waals surface area contributed by atoms with Crippen molar-refractivity contribution in [2.24, 2.45) is 0 Å². The van der Waals surface area contributed by atoms with Gasteiger partial charge in [-0.15, -0.1) is 6.42 Å². The van der Waals surface area contributed by atoms with Gasteiger partial charge in [0.25, 0.3) is 0 Å². The van der Waals surface area contributed by atoms with Gasteiger partial charge in [0.1, 0.15) is 6.54 Å². The van der Waals surface area contributed by atoms with Crippen molar-refractivity contribution in [3.63, 3.8) is 0 Å². The van der Waals surface area contributed by atoms with Crippen molar-refractivity contribution in [1.82, 2.24) is 4.90 Å². The molecule has 1 saturated heterocycles. The number of nitrogens with zero attached hydrogens (tertiary/aromatic N) is 2. The lowest BCUT2D eigenvalue weighted by molar-refractivity contribution is -0.135. The summed E-state index contributed by atoms with van der Waals surface area (Å²) in [6.07, 6.45) is 5.43. The van der Waals surface area contributed by atoms with E-state index >= 15 is 0 Å². The number of rotatable bonds is 1. The van der Waals surface area contributed by atoms with Crippen LogP contribution in [0.2, 0.25) is 0 Å². The van der Waals surface area contributed by atoms with Gasteiger partial charge in [-0.3, -0.25) is 9.59 Å². The summed E-state index contributed by atoms with van der Waals surface area (Å²) in [6.45, 7) is 2.61. The van der Waals surface area contributed by atoms with Crippen LogP contribution in [0.25, 0.3) is 0 Å². The summed E-state index contributed by atoms with van der Waals surface area (Å²) in [5, 5.41) is 0. The van der Waals surface area contributed by atoms with Crippen LogP contribution in [0, 0.1) is 12.3 Å². The van der Waals surface area contributed by atoms with E-state index in [1.807, 2.05) is 18.2 Å². The molecule has 1 aliphatic rings. The molecule has 0 saturated carbocycles. The maximum Gasteiger partial charge on any atom is 0.246 e. The number of hydrogen-bond acceptors (Lipinski definition) is 2. The smallest absolute Gasteiger partial charge is 0.246 e. The second-order valence-electron chi connectivity index (χ2n) is 4.15. The highest BCUT2D eigenvalue weighted by Gasteiger charge is 2.27. The molecule has 1 fully saturated rings. The Balaban J connectivity index is 2.24. The van der Waals surface area contributed by atoms with Crippen LogP contribution >= 0.6 is 0 Å². The summed E-state index contributed by atoms with van der Waals surface area (Å²) in [5.41, 5.74) is 1.44. The minimum absolute atomic E-state index is 0.0757. The molecule has 0 atom stereocenters. The zero-order chi connectivity index (χ0) is 13.1. The van der Waals surface area contributed by atoms with E-state index in [2.05, 4.69) is 5.92 Å². The molecule has 2 rings (SSSR count). The summed E-state index contributed by atoms with van der Waals surface area (Å²) < 4.78 is 0. The predicted octanol–water partition coefficient (Wildman–Crippen LogP) is 0.863. The average Bonchev–Trinajstić information content (AvgIpc) is 2.38. The summed E-state index contributed by atoms with van der Waals surface area (Å²) in [4.78, 5) is 26.5. The van der Waals surface area contributed by atoms with E-state index < -0.39 is 0 Å². The van der Waals surface area contributed by atoms with Crippen LogP contribution in [0.3, 0.4) is 0 Å². The second kappa shape index (κ2) is 4.92. The van der Waals surface area contributed by atoms with Crippen molar-refractivity contribution in [3.8, 4) is 12.3 Å². The van der Waals surface area contributed by atoms with E-state index in [0.717, 1.165) is 5.69 Å². The van der Waals surface area contributed by atoms with E-state index in [4.69, 9.17) is 6.42 Å². The number of carbonyl (C=O) groups excluding carboxylic acids is 2. The third-order valence-electron chi connectivity index (χ3n) is 3.02. The van der Waals surface area contributed by atoms with E-state index in [-0.39, 0.29) is 18.4 Å². The Morgan fingerprint density at radius 1 is 1.33 bits per heavy atom. The molecule has 4 heteroatoms. The Labute approximate surface area is 106 Å². The highest BCUT2D eigenvalue weighted by molar-refractivity contribution is 5.98. The number of hydrogen-bond donors (Lipinski definition) is 0. The first-order chi connectivity index (χ1) is 8.63. The van der Waals surface area contributed by atoms with Gasteiger partial charge in [-0.1, -0.05) is 18.1 Å². The zero-order valence-electron chi connectivity index (χ0n) is 10.2. The second-order valence-corrected chi connectivity index (χ2v) is 4.15. The van der Waals surface area contributed by atoms with E-state index in [9.17, 15) is 9.59 Å². The molecule has 1 aliphatic heterocycles. The maximum absolute atomic E-state index is 12.0. The molecule has 1 aromatic rings. The molecule has 92 valence electrons. The summed E-state index contributed by atoms with van der Waals surface area (Å²) >= 11 is 0. The van der Waals surface area contributed by atoms with Crippen molar-refractivity contribution in [2.45, 2.75) is 6.92 Å². The number of piperazine rings is 1. The van der Waals surface area contributed by atoms with Crippen LogP contribution in [0.15, 0.2) is 24.3 Å². The standard InChI is InChI=1S/C14H14N2O2/c1-3-12-6-4-5-7-13(12)16-9-8-15(11(2)17)10-14(16)18/h1,4-7H,8-10H2,2H3. The molecular weight excluding hydrogens is 228 g/mol. The van der Waals surface area contributed by atoms with Gasteiger partial charge >= 0.3 is 0 Å². The predicted molar refractivity (Wildman–Crippen MR) is 69.0 cm³/mol. The van der Waals surface area contributed by atoms with E-state index in [0.29, 0.717) is 18.7 Å². The van der Waals surface area contributed by atoms with E-state index in [1.165, 1.54) is 11.8 Å². The number of amides is 2. The molecule has 2 amide bonds. The summed E-state index contributed by atoms with van der Waals surface area (Å²) in [6, 6.07) is 7.33. The van der Waals surface area contributed by atoms with Crippen LogP contribution in [0.4, 0.5) is 5.69 Å². The Bertz CT molecular complexity index is 531. The first kappa shape index (κ1) is 12.2. The number of para-hydroxylation sites is 1. The maximum atomic E-state index is 12.0. The molecule has 0 radical (unpaired) electrons. The quantitative estimate of drug-likeness (QED) is 0.685. The molecule has 0 N–H and O–H groups in total. The first-order valence-electron chi connectivity index (χ1n) is 5.75. The summed E-state index contributed by atoms with van der Waals surface area (Å²) in [7, 11) is 0. The Morgan fingerprint density at radius 2 is 2.06 bits per heavy atom. The van der Waals surface area contributed by atoms with Gasteiger partial charge in [0.05, 0.1) is 5.69 Å². The Hall–Kier alpha value is -2.28. The number of carbonyl (C=O) groups is 2. The molecule has 0 aromatic heterocycles. The van der Waals surface area contributed by atoms with Crippen LogP contribution < -0.4 is 4.90 Å². The van der Waals surface area contributed by atoms with Crippen LogP contribution in [0.1, 0.15) is 12.5 Å². The third-order valence-corrected chi connectivity index (χ3v) is 3.02. The normalized spacial score (nSPS) is 15.4. The molecule has 1 aromatic carbocycles. The average molecular weight is 242 g/mol. The number of anilines is 1. The van der Waals surface area contributed by atoms with Gasteiger partial charge in [-0.25, -0.2) is 0 Å². The molecule has 1 heterocycles. The fourth-order valence-corrected chi connectivity index (χ4v) is 2.03. The van der Waals surface area contributed by atoms with Crippen molar-refractivity contribution in [1.29, 1.82) is 0 Å². The molecule has 0 bridgehead atoms. The van der Waals surface area contributed by atoms with Crippen molar-refractivity contribution < 1.29 is 9.59 Å². The van der Waals surface area contributed by atoms with Crippen LogP contribution in [-0.4, -0.2) is 36.3 Å². The van der Waals surface area contributed by atoms with Crippen molar-refractivity contribution >= 4 is 17.5 Å². The Morgan fingerprint density at radius 3 is 2.67 bits per heavy atom. The van der Waals surface area contributed by atoms with Crippen molar-refractivity contribution in [2.75, 3.05) is 24.5 Å². The molecule has 18 heavy (non-hydrogen) atoms. The highest BCUT2D eigenvalue weighted by atomic mass is 16.2. The molecule has 4 nitrogen and oxygen atoms in total. The SMILES string of the molecule is C#Cc1ccccc1N1CCN(C(C)=O)CC1=O. The summed E-state index contributed by atoms with van der Waals surface area (Å²) in [5.74, 6) is 2.40. The lowest BCUT2D eigenvalue weighted by atomic mass is 10.1. The van der Waals surface area contributed by atoms with E-state index in [1.54, 1.807) is 11.0 Å². The third kappa shape index (κ3) is 2.21. The number of terminal acetylenes is 1. The van der Waals surface area contributed by atoms with Gasteiger partial charge in [0, 0.05) is 25.6 Å². The Kier molecular flexibility index (Phi) is 3.33. The monoisotopic (exact) mass is 242 g/mol. The van der Waals surface area contributed by atoms with Gasteiger partial charge in [-0.05, 0) is 12.1 Å². The highest BCUT2D eigenvalue weighted by Crippen LogP contribution is 2.21. The van der Waals surface area contributed by atoms with Gasteiger partial charge in [0.2, 0.25) is 11.8 Å². The topological polar surface area (TPSA) is 40.6 Å².